The molecule has 0 fully saturated rings. The molecule has 4 heteroatoms. The first-order valence-corrected chi connectivity index (χ1v) is 5.04. The minimum atomic E-state index is -0.717. The Hall–Kier alpha value is -0.870. The molecule has 1 rings (SSSR count). The van der Waals surface area contributed by atoms with Gasteiger partial charge in [0.25, 0.3) is 0 Å². The van der Waals surface area contributed by atoms with Gasteiger partial charge in [0.05, 0.1) is 12.6 Å². The molecule has 0 spiro atoms. The van der Waals surface area contributed by atoms with Crippen LogP contribution in [-0.4, -0.2) is 33.8 Å². The van der Waals surface area contributed by atoms with Crippen molar-refractivity contribution < 1.29 is 15.1 Å². The van der Waals surface area contributed by atoms with E-state index in [1.165, 1.54) is 6.08 Å². The van der Waals surface area contributed by atoms with Gasteiger partial charge in [0, 0.05) is 6.42 Å². The predicted octanol–water partition coefficient (Wildman–Crippen LogP) is 1.09. The van der Waals surface area contributed by atoms with Crippen molar-refractivity contribution in [3.63, 3.8) is 0 Å². The second kappa shape index (κ2) is 5.12. The Morgan fingerprint density at radius 3 is 2.86 bits per heavy atom. The van der Waals surface area contributed by atoms with Crippen LogP contribution in [0.2, 0.25) is 0 Å². The van der Waals surface area contributed by atoms with Crippen molar-refractivity contribution in [2.75, 3.05) is 6.54 Å². The number of hydrogen-bond donors (Lipinski definition) is 2. The normalized spacial score (nSPS) is 21.2. The molecule has 0 aromatic heterocycles. The van der Waals surface area contributed by atoms with Crippen LogP contribution in [0.15, 0.2) is 11.8 Å². The van der Waals surface area contributed by atoms with E-state index in [0.717, 1.165) is 24.3 Å². The van der Waals surface area contributed by atoms with Crippen molar-refractivity contribution in [3.8, 4) is 0 Å². The number of ketones is 1. The number of aliphatic hydroxyl groups excluding tert-OH is 1. The fourth-order valence-electron chi connectivity index (χ4n) is 1.50. The first-order valence-electron chi connectivity index (χ1n) is 5.04. The Morgan fingerprint density at radius 2 is 2.36 bits per heavy atom. The van der Waals surface area contributed by atoms with Crippen LogP contribution in [0.3, 0.4) is 0 Å². The highest BCUT2D eigenvalue weighted by molar-refractivity contribution is 5.95. The van der Waals surface area contributed by atoms with Gasteiger partial charge in [-0.15, -0.1) is 0 Å². The third kappa shape index (κ3) is 2.82. The van der Waals surface area contributed by atoms with Crippen molar-refractivity contribution in [3.05, 3.63) is 11.8 Å². The Labute approximate surface area is 83.8 Å². The zero-order valence-electron chi connectivity index (χ0n) is 8.44. The van der Waals surface area contributed by atoms with Crippen LogP contribution in [0, 0.1) is 0 Å². The maximum Gasteiger partial charge on any atom is 0.180 e. The molecule has 4 nitrogen and oxygen atoms in total. The van der Waals surface area contributed by atoms with E-state index in [4.69, 9.17) is 5.11 Å². The summed E-state index contributed by atoms with van der Waals surface area (Å²) in [5.41, 5.74) is 0.244. The molecule has 14 heavy (non-hydrogen) atoms. The fraction of sp³-hybridized carbons (Fsp3) is 0.700. The number of allylic oxidation sites excluding steroid dienone is 1. The van der Waals surface area contributed by atoms with Gasteiger partial charge in [-0.3, -0.25) is 15.1 Å². The number of β-amino-alcohol motifs (C(OH)–C–C–N with tert-alkyl or cyclic N) is 1. The lowest BCUT2D eigenvalue weighted by atomic mass is 10.1. The average Bonchev–Trinajstić information content (AvgIpc) is 2.45. The molecule has 2 N–H and O–H groups in total. The van der Waals surface area contributed by atoms with Crippen molar-refractivity contribution in [1.82, 2.24) is 5.06 Å². The summed E-state index contributed by atoms with van der Waals surface area (Å²) in [6, 6.07) is 0. The number of rotatable bonds is 5. The first-order chi connectivity index (χ1) is 6.65. The first kappa shape index (κ1) is 11.2. The summed E-state index contributed by atoms with van der Waals surface area (Å²) >= 11 is 0. The lowest BCUT2D eigenvalue weighted by molar-refractivity contribution is -0.124. The molecule has 1 heterocycles. The monoisotopic (exact) mass is 199 g/mol. The number of unbranched alkanes of at least 4 members (excludes halogenated alkanes) is 2. The molecule has 1 aliphatic rings. The van der Waals surface area contributed by atoms with Crippen molar-refractivity contribution in [1.29, 1.82) is 0 Å². The lowest BCUT2D eigenvalue weighted by Crippen LogP contribution is -2.23. The summed E-state index contributed by atoms with van der Waals surface area (Å²) in [7, 11) is 0. The summed E-state index contributed by atoms with van der Waals surface area (Å²) in [6.45, 7) is 2.18. The van der Waals surface area contributed by atoms with E-state index in [9.17, 15) is 10.0 Å². The van der Waals surface area contributed by atoms with E-state index in [1.807, 2.05) is 0 Å². The van der Waals surface area contributed by atoms with Crippen LogP contribution in [0.1, 0.15) is 32.6 Å². The molecule has 0 aromatic carbocycles. The summed E-state index contributed by atoms with van der Waals surface area (Å²) in [6.07, 6.45) is 4.07. The maximum absolute atomic E-state index is 11.5. The Kier molecular flexibility index (Phi) is 4.10. The zero-order valence-corrected chi connectivity index (χ0v) is 8.44. The molecule has 0 saturated carbocycles. The largest absolute Gasteiger partial charge is 0.387 e. The van der Waals surface area contributed by atoms with Gasteiger partial charge in [0.15, 0.2) is 5.78 Å². The predicted molar refractivity (Wildman–Crippen MR) is 51.7 cm³/mol. The van der Waals surface area contributed by atoms with Gasteiger partial charge in [0.1, 0.15) is 5.70 Å². The average molecular weight is 199 g/mol. The summed E-state index contributed by atoms with van der Waals surface area (Å²) in [5.74, 6) is -0.0856. The van der Waals surface area contributed by atoms with Crippen LogP contribution in [0.5, 0.6) is 0 Å². The fourth-order valence-corrected chi connectivity index (χ4v) is 1.50. The van der Waals surface area contributed by atoms with Crippen LogP contribution in [0.4, 0.5) is 0 Å². The molecule has 0 saturated heterocycles. The minimum absolute atomic E-state index is 0.0856. The van der Waals surface area contributed by atoms with Gasteiger partial charge in [0.2, 0.25) is 0 Å². The van der Waals surface area contributed by atoms with E-state index >= 15 is 0 Å². The van der Waals surface area contributed by atoms with Gasteiger partial charge in [-0.25, -0.2) is 0 Å². The quantitative estimate of drug-likeness (QED) is 0.650. The van der Waals surface area contributed by atoms with Gasteiger partial charge in [-0.05, 0) is 12.5 Å². The maximum atomic E-state index is 11.5. The molecule has 1 aliphatic heterocycles. The third-order valence-corrected chi connectivity index (χ3v) is 2.28. The molecule has 0 amide bonds. The molecular weight excluding hydrogens is 182 g/mol. The standard InChI is InChI=1S/C10H17NO3/c1-2-3-4-5-10(13)9-6-8(12)7-11(9)14/h6,8,12,14H,2-5,7H2,1H3. The third-order valence-electron chi connectivity index (χ3n) is 2.28. The number of aliphatic hydroxyl groups is 1. The summed E-state index contributed by atoms with van der Waals surface area (Å²) < 4.78 is 0. The molecule has 0 bridgehead atoms. The van der Waals surface area contributed by atoms with Crippen LogP contribution >= 0.6 is 0 Å². The van der Waals surface area contributed by atoms with Crippen molar-refractivity contribution in [2.45, 2.75) is 38.7 Å². The number of hydrogen-bond acceptors (Lipinski definition) is 4. The highest BCUT2D eigenvalue weighted by Gasteiger charge is 2.24. The minimum Gasteiger partial charge on any atom is -0.387 e. The summed E-state index contributed by atoms with van der Waals surface area (Å²) in [5, 5.41) is 19.3. The van der Waals surface area contributed by atoms with E-state index in [1.54, 1.807) is 0 Å². The Bertz CT molecular complexity index is 238. The molecule has 1 atom stereocenters. The Balaban J connectivity index is 2.40. The molecule has 0 radical (unpaired) electrons. The number of hydroxylamine groups is 2. The van der Waals surface area contributed by atoms with E-state index in [2.05, 4.69) is 6.92 Å². The second-order valence-corrected chi connectivity index (χ2v) is 3.58. The summed E-state index contributed by atoms with van der Waals surface area (Å²) in [4.78, 5) is 11.5. The van der Waals surface area contributed by atoms with Crippen LogP contribution in [-0.2, 0) is 4.79 Å². The molecule has 1 unspecified atom stereocenters. The highest BCUT2D eigenvalue weighted by atomic mass is 16.5. The SMILES string of the molecule is CCCCCC(=O)C1=CC(O)CN1O. The molecule has 0 aliphatic carbocycles. The van der Waals surface area contributed by atoms with Gasteiger partial charge in [-0.2, -0.15) is 0 Å². The van der Waals surface area contributed by atoms with Crippen LogP contribution in [0.25, 0.3) is 0 Å². The number of carbonyl (C=O) groups is 1. The molecule has 80 valence electrons. The van der Waals surface area contributed by atoms with E-state index < -0.39 is 6.10 Å². The lowest BCUT2D eigenvalue weighted by Gasteiger charge is -2.12. The topological polar surface area (TPSA) is 60.8 Å². The van der Waals surface area contributed by atoms with E-state index in [-0.39, 0.29) is 18.0 Å². The van der Waals surface area contributed by atoms with Gasteiger partial charge < -0.3 is 5.11 Å². The number of nitrogens with zero attached hydrogens (tertiary/aromatic N) is 1. The van der Waals surface area contributed by atoms with Gasteiger partial charge in [-0.1, -0.05) is 19.8 Å². The molecular formula is C10H17NO3. The number of carbonyl (C=O) groups excluding carboxylic acids is 1. The Morgan fingerprint density at radius 1 is 1.64 bits per heavy atom. The zero-order chi connectivity index (χ0) is 10.6. The van der Waals surface area contributed by atoms with Crippen LogP contribution < -0.4 is 0 Å². The van der Waals surface area contributed by atoms with Crippen molar-refractivity contribution in [2.24, 2.45) is 0 Å². The van der Waals surface area contributed by atoms with E-state index in [0.29, 0.717) is 6.42 Å². The molecule has 0 aromatic rings. The second-order valence-electron chi connectivity index (χ2n) is 3.58. The number of Topliss-reactive ketones (excluding diaryl/α,β-unsaturated/α-hetero) is 1. The smallest absolute Gasteiger partial charge is 0.180 e. The highest BCUT2D eigenvalue weighted by Crippen LogP contribution is 2.16. The van der Waals surface area contributed by atoms with Gasteiger partial charge >= 0.3 is 0 Å². The van der Waals surface area contributed by atoms with Crippen molar-refractivity contribution >= 4 is 5.78 Å².